The van der Waals surface area contributed by atoms with Crippen molar-refractivity contribution in [3.63, 3.8) is 0 Å². The number of anilines is 1. The van der Waals surface area contributed by atoms with Gasteiger partial charge in [0.25, 0.3) is 5.91 Å². The number of nitrogens with zero attached hydrogens (tertiary/aromatic N) is 2. The summed E-state index contributed by atoms with van der Waals surface area (Å²) in [6.45, 7) is 9.12. The quantitative estimate of drug-likeness (QED) is 0.922. The summed E-state index contributed by atoms with van der Waals surface area (Å²) >= 11 is 0. The normalized spacial score (nSPS) is 14.8. The van der Waals surface area contributed by atoms with Gasteiger partial charge in [-0.2, -0.15) is 0 Å². The molecule has 1 fully saturated rings. The Balaban J connectivity index is 1.71. The van der Waals surface area contributed by atoms with Crippen LogP contribution in [0.15, 0.2) is 36.4 Å². The lowest BCUT2D eigenvalue weighted by atomic mass is 10.1. The highest BCUT2D eigenvalue weighted by molar-refractivity contribution is 5.97. The second-order valence-corrected chi connectivity index (χ2v) is 6.52. The Hall–Kier alpha value is -2.49. The van der Waals surface area contributed by atoms with Gasteiger partial charge in [-0.15, -0.1) is 0 Å². The zero-order valence-corrected chi connectivity index (χ0v) is 14.5. The molecule has 0 unspecified atom stereocenters. The Labute approximate surface area is 143 Å². The summed E-state index contributed by atoms with van der Waals surface area (Å²) < 4.78 is 0. The van der Waals surface area contributed by atoms with Gasteiger partial charge in [-0.3, -0.25) is 4.79 Å². The van der Waals surface area contributed by atoms with Crippen LogP contribution in [-0.4, -0.2) is 42.1 Å². The van der Waals surface area contributed by atoms with E-state index in [9.17, 15) is 9.90 Å². The van der Waals surface area contributed by atoms with Crippen molar-refractivity contribution in [3.8, 4) is 5.75 Å². The first-order chi connectivity index (χ1) is 11.5. The van der Waals surface area contributed by atoms with E-state index < -0.39 is 0 Å². The van der Waals surface area contributed by atoms with Crippen LogP contribution in [0.4, 0.5) is 5.69 Å². The maximum absolute atomic E-state index is 12.6. The van der Waals surface area contributed by atoms with Crippen molar-refractivity contribution in [3.05, 3.63) is 58.7 Å². The fourth-order valence-electron chi connectivity index (χ4n) is 3.22. The number of piperazine rings is 1. The Morgan fingerprint density at radius 2 is 1.71 bits per heavy atom. The van der Waals surface area contributed by atoms with Gasteiger partial charge in [0, 0.05) is 31.9 Å². The van der Waals surface area contributed by atoms with Crippen LogP contribution in [0, 0.1) is 20.8 Å². The topological polar surface area (TPSA) is 43.8 Å². The Kier molecular flexibility index (Phi) is 4.47. The summed E-state index contributed by atoms with van der Waals surface area (Å²) in [5.41, 5.74) is 5.17. The van der Waals surface area contributed by atoms with Crippen LogP contribution < -0.4 is 4.90 Å². The SMILES string of the molecule is Cc1ccc(C(=O)N2CCN(c3cccc(C)c3C)CC2)c(O)c1. The first-order valence-electron chi connectivity index (χ1n) is 8.37. The number of hydrogen-bond donors (Lipinski definition) is 1. The van der Waals surface area contributed by atoms with Gasteiger partial charge in [0.1, 0.15) is 5.75 Å². The van der Waals surface area contributed by atoms with Gasteiger partial charge in [-0.1, -0.05) is 18.2 Å². The van der Waals surface area contributed by atoms with Crippen molar-refractivity contribution in [1.29, 1.82) is 0 Å². The molecule has 2 aromatic carbocycles. The number of hydrogen-bond acceptors (Lipinski definition) is 3. The molecule has 3 rings (SSSR count). The van der Waals surface area contributed by atoms with Gasteiger partial charge in [0.15, 0.2) is 0 Å². The molecule has 0 atom stereocenters. The highest BCUT2D eigenvalue weighted by Gasteiger charge is 2.24. The molecular weight excluding hydrogens is 300 g/mol. The van der Waals surface area contributed by atoms with Gasteiger partial charge < -0.3 is 14.9 Å². The summed E-state index contributed by atoms with van der Waals surface area (Å²) in [5.74, 6) is -0.0231. The molecular formula is C20H24N2O2. The van der Waals surface area contributed by atoms with Crippen molar-refractivity contribution in [2.45, 2.75) is 20.8 Å². The van der Waals surface area contributed by atoms with E-state index in [0.29, 0.717) is 18.7 Å². The fourth-order valence-corrected chi connectivity index (χ4v) is 3.22. The number of carbonyl (C=O) groups excluding carboxylic acids is 1. The van der Waals surface area contributed by atoms with Crippen molar-refractivity contribution in [2.24, 2.45) is 0 Å². The molecule has 126 valence electrons. The molecule has 0 aromatic heterocycles. The minimum atomic E-state index is -0.0897. The zero-order valence-electron chi connectivity index (χ0n) is 14.5. The summed E-state index contributed by atoms with van der Waals surface area (Å²) in [6.07, 6.45) is 0. The van der Waals surface area contributed by atoms with E-state index in [1.807, 2.05) is 17.9 Å². The lowest BCUT2D eigenvalue weighted by Crippen LogP contribution is -2.49. The fraction of sp³-hybridized carbons (Fsp3) is 0.350. The highest BCUT2D eigenvalue weighted by atomic mass is 16.3. The van der Waals surface area contributed by atoms with Gasteiger partial charge in [0.2, 0.25) is 0 Å². The second kappa shape index (κ2) is 6.56. The van der Waals surface area contributed by atoms with Crippen LogP contribution in [0.1, 0.15) is 27.0 Å². The van der Waals surface area contributed by atoms with Crippen LogP contribution in [0.3, 0.4) is 0 Å². The third kappa shape index (κ3) is 3.09. The Morgan fingerprint density at radius 3 is 2.38 bits per heavy atom. The second-order valence-electron chi connectivity index (χ2n) is 6.52. The molecule has 0 aliphatic carbocycles. The molecule has 0 spiro atoms. The minimum Gasteiger partial charge on any atom is -0.507 e. The van der Waals surface area contributed by atoms with E-state index in [2.05, 4.69) is 36.9 Å². The molecule has 0 saturated carbocycles. The number of amides is 1. The summed E-state index contributed by atoms with van der Waals surface area (Å²) in [7, 11) is 0. The third-order valence-corrected chi connectivity index (χ3v) is 4.87. The smallest absolute Gasteiger partial charge is 0.257 e. The molecule has 1 N–H and O–H groups in total. The molecule has 1 aliphatic rings. The molecule has 2 aromatic rings. The van der Waals surface area contributed by atoms with Gasteiger partial charge in [-0.05, 0) is 55.7 Å². The van der Waals surface area contributed by atoms with E-state index in [4.69, 9.17) is 0 Å². The molecule has 0 radical (unpaired) electrons. The van der Waals surface area contributed by atoms with Crippen molar-refractivity contribution < 1.29 is 9.90 Å². The van der Waals surface area contributed by atoms with Gasteiger partial charge >= 0.3 is 0 Å². The number of phenols is 1. The average molecular weight is 324 g/mol. The highest BCUT2D eigenvalue weighted by Crippen LogP contribution is 2.25. The lowest BCUT2D eigenvalue weighted by Gasteiger charge is -2.37. The average Bonchev–Trinajstić information content (AvgIpc) is 2.57. The predicted octanol–water partition coefficient (Wildman–Crippen LogP) is 3.28. The summed E-state index contributed by atoms with van der Waals surface area (Å²) in [5, 5.41) is 10.0. The van der Waals surface area contributed by atoms with E-state index in [0.717, 1.165) is 18.7 Å². The van der Waals surface area contributed by atoms with Gasteiger partial charge in [-0.25, -0.2) is 0 Å². The van der Waals surface area contributed by atoms with E-state index >= 15 is 0 Å². The molecule has 1 heterocycles. The van der Waals surface area contributed by atoms with Gasteiger partial charge in [0.05, 0.1) is 5.56 Å². The third-order valence-electron chi connectivity index (χ3n) is 4.87. The molecule has 4 heteroatoms. The van der Waals surface area contributed by atoms with Crippen molar-refractivity contribution >= 4 is 11.6 Å². The summed E-state index contributed by atoms with van der Waals surface area (Å²) in [6, 6.07) is 11.6. The minimum absolute atomic E-state index is 0.0666. The lowest BCUT2D eigenvalue weighted by molar-refractivity contribution is 0.0743. The molecule has 24 heavy (non-hydrogen) atoms. The van der Waals surface area contributed by atoms with Crippen LogP contribution in [0.2, 0.25) is 0 Å². The monoisotopic (exact) mass is 324 g/mol. The van der Waals surface area contributed by atoms with Crippen molar-refractivity contribution in [1.82, 2.24) is 4.90 Å². The number of carbonyl (C=O) groups is 1. The van der Waals surface area contributed by atoms with Crippen LogP contribution >= 0.6 is 0 Å². The van der Waals surface area contributed by atoms with Crippen LogP contribution in [-0.2, 0) is 0 Å². The molecule has 1 amide bonds. The van der Waals surface area contributed by atoms with Crippen LogP contribution in [0.25, 0.3) is 0 Å². The van der Waals surface area contributed by atoms with Crippen molar-refractivity contribution in [2.75, 3.05) is 31.1 Å². The number of phenolic OH excluding ortho intramolecular Hbond substituents is 1. The molecule has 0 bridgehead atoms. The maximum atomic E-state index is 12.6. The summed E-state index contributed by atoms with van der Waals surface area (Å²) in [4.78, 5) is 16.8. The Morgan fingerprint density at radius 1 is 1.00 bits per heavy atom. The maximum Gasteiger partial charge on any atom is 0.257 e. The number of rotatable bonds is 2. The first kappa shape index (κ1) is 16.4. The van der Waals surface area contributed by atoms with E-state index in [1.54, 1.807) is 12.1 Å². The number of benzene rings is 2. The van der Waals surface area contributed by atoms with E-state index in [-0.39, 0.29) is 11.7 Å². The standard InChI is InChI=1S/C20H24N2O2/c1-14-7-8-17(19(23)13-14)20(24)22-11-9-21(10-12-22)18-6-4-5-15(2)16(18)3/h4-8,13,23H,9-12H2,1-3H3. The predicted molar refractivity (Wildman–Crippen MR) is 96.9 cm³/mol. The molecule has 1 aliphatic heterocycles. The molecule has 1 saturated heterocycles. The van der Waals surface area contributed by atoms with Crippen LogP contribution in [0.5, 0.6) is 5.75 Å². The first-order valence-corrected chi connectivity index (χ1v) is 8.37. The van der Waals surface area contributed by atoms with E-state index in [1.165, 1.54) is 16.8 Å². The number of aryl methyl sites for hydroxylation is 2. The molecule has 4 nitrogen and oxygen atoms in total. The zero-order chi connectivity index (χ0) is 17.3. The number of aromatic hydroxyl groups is 1. The largest absolute Gasteiger partial charge is 0.507 e. The Bertz CT molecular complexity index is 762.